The van der Waals surface area contributed by atoms with Gasteiger partial charge in [0.2, 0.25) is 0 Å². The SMILES string of the molecule is O=C1C[C@H]2Oc3ccccc3N[C@H]2[C@@H]1c1ccccc1. The van der Waals surface area contributed by atoms with Crippen molar-refractivity contribution in [2.45, 2.75) is 24.5 Å². The summed E-state index contributed by atoms with van der Waals surface area (Å²) in [5.74, 6) is 0.983. The molecular weight excluding hydrogens is 250 g/mol. The Bertz CT molecular complexity index is 653. The highest BCUT2D eigenvalue weighted by Crippen LogP contribution is 2.41. The van der Waals surface area contributed by atoms with Gasteiger partial charge in [-0.15, -0.1) is 0 Å². The van der Waals surface area contributed by atoms with E-state index >= 15 is 0 Å². The average Bonchev–Trinajstić information content (AvgIpc) is 2.80. The molecule has 2 aromatic carbocycles. The molecule has 3 nitrogen and oxygen atoms in total. The summed E-state index contributed by atoms with van der Waals surface area (Å²) >= 11 is 0. The van der Waals surface area contributed by atoms with Crippen molar-refractivity contribution in [2.24, 2.45) is 0 Å². The van der Waals surface area contributed by atoms with Gasteiger partial charge in [0.15, 0.2) is 0 Å². The second-order valence-corrected chi connectivity index (χ2v) is 5.38. The summed E-state index contributed by atoms with van der Waals surface area (Å²) < 4.78 is 5.99. The van der Waals surface area contributed by atoms with Crippen molar-refractivity contribution in [3.05, 3.63) is 60.2 Å². The normalized spacial score (nSPS) is 27.2. The smallest absolute Gasteiger partial charge is 0.146 e. The van der Waals surface area contributed by atoms with Crippen LogP contribution in [0, 0.1) is 0 Å². The van der Waals surface area contributed by atoms with E-state index in [1.165, 1.54) is 0 Å². The minimum Gasteiger partial charge on any atom is -0.486 e. The number of ketones is 1. The van der Waals surface area contributed by atoms with Gasteiger partial charge < -0.3 is 10.1 Å². The van der Waals surface area contributed by atoms with Crippen LogP contribution in [0.2, 0.25) is 0 Å². The zero-order valence-corrected chi connectivity index (χ0v) is 11.0. The molecule has 0 radical (unpaired) electrons. The molecule has 100 valence electrons. The van der Waals surface area contributed by atoms with Gasteiger partial charge in [-0.2, -0.15) is 0 Å². The molecule has 1 N–H and O–H groups in total. The Morgan fingerprint density at radius 3 is 2.60 bits per heavy atom. The maximum absolute atomic E-state index is 12.4. The largest absolute Gasteiger partial charge is 0.486 e. The second kappa shape index (κ2) is 4.37. The summed E-state index contributed by atoms with van der Waals surface area (Å²) in [6, 6.07) is 17.9. The van der Waals surface area contributed by atoms with Crippen LogP contribution in [0.3, 0.4) is 0 Å². The van der Waals surface area contributed by atoms with Crippen LogP contribution >= 0.6 is 0 Å². The first-order valence-corrected chi connectivity index (χ1v) is 6.93. The molecule has 4 rings (SSSR count). The molecule has 0 aromatic heterocycles. The average molecular weight is 265 g/mol. The van der Waals surface area contributed by atoms with Crippen LogP contribution in [-0.4, -0.2) is 17.9 Å². The second-order valence-electron chi connectivity index (χ2n) is 5.38. The highest BCUT2D eigenvalue weighted by atomic mass is 16.5. The molecule has 2 aromatic rings. The van der Waals surface area contributed by atoms with Gasteiger partial charge in [0.05, 0.1) is 17.6 Å². The van der Waals surface area contributed by atoms with Crippen molar-refractivity contribution in [1.82, 2.24) is 0 Å². The quantitative estimate of drug-likeness (QED) is 0.861. The van der Waals surface area contributed by atoms with Gasteiger partial charge in [-0.1, -0.05) is 42.5 Å². The third kappa shape index (κ3) is 1.70. The molecule has 0 amide bonds. The monoisotopic (exact) mass is 265 g/mol. The molecule has 20 heavy (non-hydrogen) atoms. The number of anilines is 1. The fourth-order valence-electron chi connectivity index (χ4n) is 3.24. The molecule has 0 unspecified atom stereocenters. The first-order chi connectivity index (χ1) is 9.83. The molecule has 1 saturated carbocycles. The van der Waals surface area contributed by atoms with Gasteiger partial charge in [0.1, 0.15) is 17.6 Å². The zero-order chi connectivity index (χ0) is 13.5. The molecule has 1 heterocycles. The first kappa shape index (κ1) is 11.5. The van der Waals surface area contributed by atoms with Gasteiger partial charge in [-0.25, -0.2) is 0 Å². The molecule has 0 saturated heterocycles. The van der Waals surface area contributed by atoms with Gasteiger partial charge in [0.25, 0.3) is 0 Å². The number of para-hydroxylation sites is 2. The lowest BCUT2D eigenvalue weighted by Gasteiger charge is -2.32. The standard InChI is InChI=1S/C17H15NO2/c19-13-10-15-17(16(13)11-6-2-1-3-7-11)18-12-8-4-5-9-14(12)20-15/h1-9,15-18H,10H2/t15-,16-,17-/m1/s1. The number of nitrogens with one attached hydrogen (secondary N) is 1. The van der Waals surface area contributed by atoms with E-state index in [1.807, 2.05) is 54.6 Å². The highest BCUT2D eigenvalue weighted by molar-refractivity contribution is 5.91. The predicted octanol–water partition coefficient (Wildman–Crippen LogP) is 2.98. The van der Waals surface area contributed by atoms with E-state index in [1.54, 1.807) is 0 Å². The van der Waals surface area contributed by atoms with Crippen LogP contribution < -0.4 is 10.1 Å². The fraction of sp³-hybridized carbons (Fsp3) is 0.235. The molecule has 1 aliphatic carbocycles. The van der Waals surface area contributed by atoms with Crippen molar-refractivity contribution < 1.29 is 9.53 Å². The lowest BCUT2D eigenvalue weighted by molar-refractivity contribution is -0.119. The van der Waals surface area contributed by atoms with E-state index in [0.29, 0.717) is 6.42 Å². The number of hydrogen-bond acceptors (Lipinski definition) is 3. The van der Waals surface area contributed by atoms with Crippen molar-refractivity contribution in [1.29, 1.82) is 0 Å². The van der Waals surface area contributed by atoms with Crippen LogP contribution in [0.25, 0.3) is 0 Å². The molecule has 0 bridgehead atoms. The lowest BCUT2D eigenvalue weighted by Crippen LogP contribution is -2.40. The summed E-state index contributed by atoms with van der Waals surface area (Å²) in [6.07, 6.45) is 0.411. The molecule has 1 aliphatic heterocycles. The molecule has 3 atom stereocenters. The number of carbonyl (C=O) groups is 1. The molecule has 0 spiro atoms. The van der Waals surface area contributed by atoms with E-state index in [9.17, 15) is 4.79 Å². The van der Waals surface area contributed by atoms with Crippen molar-refractivity contribution in [3.63, 3.8) is 0 Å². The minimum atomic E-state index is -0.116. The van der Waals surface area contributed by atoms with Crippen molar-refractivity contribution >= 4 is 11.5 Å². The highest BCUT2D eigenvalue weighted by Gasteiger charge is 2.46. The van der Waals surface area contributed by atoms with Gasteiger partial charge in [-0.3, -0.25) is 4.79 Å². The summed E-state index contributed by atoms with van der Waals surface area (Å²) in [5.41, 5.74) is 2.05. The topological polar surface area (TPSA) is 38.3 Å². The number of hydrogen-bond donors (Lipinski definition) is 1. The van der Waals surface area contributed by atoms with Gasteiger partial charge in [-0.05, 0) is 17.7 Å². The maximum Gasteiger partial charge on any atom is 0.146 e. The van der Waals surface area contributed by atoms with Crippen LogP contribution in [0.4, 0.5) is 5.69 Å². The number of rotatable bonds is 1. The van der Waals surface area contributed by atoms with Crippen molar-refractivity contribution in [3.8, 4) is 5.75 Å². The van der Waals surface area contributed by atoms with E-state index in [4.69, 9.17) is 4.74 Å². The summed E-state index contributed by atoms with van der Waals surface area (Å²) in [7, 11) is 0. The van der Waals surface area contributed by atoms with E-state index in [2.05, 4.69) is 5.32 Å². The predicted molar refractivity (Wildman–Crippen MR) is 77.1 cm³/mol. The minimum absolute atomic E-state index is 0.0276. The Hall–Kier alpha value is -2.29. The Morgan fingerprint density at radius 2 is 1.75 bits per heavy atom. The number of fused-ring (bicyclic) bond motifs is 2. The summed E-state index contributed by atoms with van der Waals surface area (Å²) in [6.45, 7) is 0. The first-order valence-electron chi connectivity index (χ1n) is 6.93. The summed E-state index contributed by atoms with van der Waals surface area (Å²) in [5, 5.41) is 3.49. The molecule has 3 heteroatoms. The number of carbonyl (C=O) groups excluding carboxylic acids is 1. The van der Waals surface area contributed by atoms with E-state index < -0.39 is 0 Å². The number of Topliss-reactive ketones (excluding diaryl/α,β-unsaturated/α-hetero) is 1. The van der Waals surface area contributed by atoms with Crippen LogP contribution in [0.15, 0.2) is 54.6 Å². The van der Waals surface area contributed by atoms with Gasteiger partial charge >= 0.3 is 0 Å². The summed E-state index contributed by atoms with van der Waals surface area (Å²) in [4.78, 5) is 12.4. The Kier molecular flexibility index (Phi) is 2.52. The lowest BCUT2D eigenvalue weighted by atomic mass is 9.92. The van der Waals surface area contributed by atoms with E-state index in [-0.39, 0.29) is 23.8 Å². The number of benzene rings is 2. The third-order valence-electron chi connectivity index (χ3n) is 4.16. The third-order valence-corrected chi connectivity index (χ3v) is 4.16. The van der Waals surface area contributed by atoms with Crippen molar-refractivity contribution in [2.75, 3.05) is 5.32 Å². The Labute approximate surface area is 117 Å². The van der Waals surface area contributed by atoms with E-state index in [0.717, 1.165) is 17.0 Å². The van der Waals surface area contributed by atoms with Crippen LogP contribution in [0.1, 0.15) is 17.9 Å². The van der Waals surface area contributed by atoms with Crippen LogP contribution in [0.5, 0.6) is 5.75 Å². The number of ether oxygens (including phenoxy) is 1. The Morgan fingerprint density at radius 1 is 1.00 bits per heavy atom. The molecular formula is C17H15NO2. The molecule has 1 fully saturated rings. The Balaban J connectivity index is 1.72. The van der Waals surface area contributed by atoms with Gasteiger partial charge in [0, 0.05) is 6.42 Å². The maximum atomic E-state index is 12.4. The van der Waals surface area contributed by atoms with Crippen LogP contribution in [-0.2, 0) is 4.79 Å². The zero-order valence-electron chi connectivity index (χ0n) is 11.0. The molecule has 2 aliphatic rings. The fourth-order valence-corrected chi connectivity index (χ4v) is 3.24.